The molecule has 0 spiro atoms. The molecule has 0 N–H and O–H groups in total. The van der Waals surface area contributed by atoms with Gasteiger partial charge in [-0.1, -0.05) is 0 Å². The van der Waals surface area contributed by atoms with E-state index in [9.17, 15) is 4.79 Å². The van der Waals surface area contributed by atoms with Crippen molar-refractivity contribution in [2.45, 2.75) is 45.1 Å². The van der Waals surface area contributed by atoms with Crippen LogP contribution in [-0.4, -0.2) is 43.3 Å². The lowest BCUT2D eigenvalue weighted by Crippen LogP contribution is -2.30. The molecule has 1 saturated heterocycles. The molecule has 5 rings (SSSR count). The highest BCUT2D eigenvalue weighted by atomic mass is 16.7. The SMILES string of the molecule is C[C@@H]1CCCN1CCCOc1ccc2c(c1)CCC(=O)N2c1ccc2c(c1)OCO2. The van der Waals surface area contributed by atoms with Gasteiger partial charge in [0.25, 0.3) is 0 Å². The Bertz CT molecular complexity index is 945. The van der Waals surface area contributed by atoms with Crippen molar-refractivity contribution in [1.29, 1.82) is 0 Å². The largest absolute Gasteiger partial charge is 0.494 e. The highest BCUT2D eigenvalue weighted by Gasteiger charge is 2.27. The minimum absolute atomic E-state index is 0.0924. The van der Waals surface area contributed by atoms with E-state index in [0.29, 0.717) is 24.8 Å². The molecule has 0 unspecified atom stereocenters. The number of anilines is 2. The van der Waals surface area contributed by atoms with Crippen molar-refractivity contribution in [3.8, 4) is 17.2 Å². The molecule has 1 atom stereocenters. The summed E-state index contributed by atoms with van der Waals surface area (Å²) in [6, 6.07) is 12.4. The van der Waals surface area contributed by atoms with Crippen LogP contribution in [0.25, 0.3) is 0 Å². The summed E-state index contributed by atoms with van der Waals surface area (Å²) in [7, 11) is 0. The maximum Gasteiger partial charge on any atom is 0.231 e. The highest BCUT2D eigenvalue weighted by molar-refractivity contribution is 6.03. The topological polar surface area (TPSA) is 51.2 Å². The number of hydrogen-bond donors (Lipinski definition) is 0. The van der Waals surface area contributed by atoms with E-state index in [-0.39, 0.29) is 12.7 Å². The summed E-state index contributed by atoms with van der Waals surface area (Å²) in [6.07, 6.45) is 4.87. The lowest BCUT2D eigenvalue weighted by molar-refractivity contribution is -0.118. The van der Waals surface area contributed by atoms with Gasteiger partial charge in [-0.05, 0) is 75.0 Å². The predicted octanol–water partition coefficient (Wildman–Crippen LogP) is 4.28. The van der Waals surface area contributed by atoms with Crippen LogP contribution in [0.4, 0.5) is 11.4 Å². The Morgan fingerprint density at radius 3 is 2.87 bits per heavy atom. The van der Waals surface area contributed by atoms with Crippen molar-refractivity contribution < 1.29 is 19.0 Å². The molecule has 1 fully saturated rings. The average molecular weight is 408 g/mol. The lowest BCUT2D eigenvalue weighted by atomic mass is 10.00. The second kappa shape index (κ2) is 8.19. The van der Waals surface area contributed by atoms with Crippen molar-refractivity contribution in [1.82, 2.24) is 4.90 Å². The minimum atomic E-state index is 0.0924. The van der Waals surface area contributed by atoms with Crippen LogP contribution in [0.15, 0.2) is 36.4 Å². The van der Waals surface area contributed by atoms with Crippen LogP contribution in [0.5, 0.6) is 17.2 Å². The summed E-state index contributed by atoms with van der Waals surface area (Å²) in [6.45, 7) is 5.56. The van der Waals surface area contributed by atoms with Gasteiger partial charge in [0.05, 0.1) is 18.0 Å². The molecule has 0 radical (unpaired) electrons. The van der Waals surface area contributed by atoms with Crippen molar-refractivity contribution in [3.63, 3.8) is 0 Å². The zero-order chi connectivity index (χ0) is 20.5. The zero-order valence-electron chi connectivity index (χ0n) is 17.4. The van der Waals surface area contributed by atoms with Crippen molar-refractivity contribution in [3.05, 3.63) is 42.0 Å². The number of rotatable bonds is 6. The van der Waals surface area contributed by atoms with Gasteiger partial charge in [-0.3, -0.25) is 9.69 Å². The van der Waals surface area contributed by atoms with Gasteiger partial charge in [0.15, 0.2) is 11.5 Å². The molecule has 0 saturated carbocycles. The fraction of sp³-hybridized carbons (Fsp3) is 0.458. The van der Waals surface area contributed by atoms with Crippen molar-refractivity contribution >= 4 is 17.3 Å². The van der Waals surface area contributed by atoms with Gasteiger partial charge in [-0.15, -0.1) is 0 Å². The summed E-state index contributed by atoms with van der Waals surface area (Å²) in [4.78, 5) is 17.0. The van der Waals surface area contributed by atoms with Gasteiger partial charge < -0.3 is 19.1 Å². The number of nitrogens with zero attached hydrogens (tertiary/aromatic N) is 2. The lowest BCUT2D eigenvalue weighted by Gasteiger charge is -2.30. The zero-order valence-corrected chi connectivity index (χ0v) is 17.4. The molecule has 2 aromatic rings. The first-order chi connectivity index (χ1) is 14.7. The number of aryl methyl sites for hydroxylation is 1. The third-order valence-corrected chi connectivity index (χ3v) is 6.31. The summed E-state index contributed by atoms with van der Waals surface area (Å²) < 4.78 is 16.9. The van der Waals surface area contributed by atoms with Crippen LogP contribution in [0.1, 0.15) is 38.2 Å². The van der Waals surface area contributed by atoms with Crippen LogP contribution in [0.3, 0.4) is 0 Å². The Kier molecular flexibility index (Phi) is 5.25. The Morgan fingerprint density at radius 1 is 1.10 bits per heavy atom. The molecule has 2 aromatic carbocycles. The molecular weight excluding hydrogens is 380 g/mol. The van der Waals surface area contributed by atoms with Crippen molar-refractivity contribution in [2.75, 3.05) is 31.4 Å². The number of likely N-dealkylation sites (tertiary alicyclic amines) is 1. The molecule has 0 bridgehead atoms. The van der Waals surface area contributed by atoms with E-state index in [1.54, 1.807) is 4.90 Å². The van der Waals surface area contributed by atoms with E-state index in [0.717, 1.165) is 47.8 Å². The van der Waals surface area contributed by atoms with Gasteiger partial charge in [0.1, 0.15) is 5.75 Å². The third kappa shape index (κ3) is 3.72. The fourth-order valence-corrected chi connectivity index (χ4v) is 4.65. The van der Waals surface area contributed by atoms with Gasteiger partial charge in [-0.25, -0.2) is 0 Å². The summed E-state index contributed by atoms with van der Waals surface area (Å²) in [5.41, 5.74) is 2.86. The van der Waals surface area contributed by atoms with E-state index in [1.807, 2.05) is 30.3 Å². The van der Waals surface area contributed by atoms with Gasteiger partial charge in [0.2, 0.25) is 12.7 Å². The number of amides is 1. The third-order valence-electron chi connectivity index (χ3n) is 6.31. The maximum atomic E-state index is 12.7. The molecule has 158 valence electrons. The van der Waals surface area contributed by atoms with Crippen LogP contribution < -0.4 is 19.1 Å². The normalized spacial score (nSPS) is 20.5. The van der Waals surface area contributed by atoms with Crippen molar-refractivity contribution in [2.24, 2.45) is 0 Å². The van der Waals surface area contributed by atoms with Gasteiger partial charge >= 0.3 is 0 Å². The Hall–Kier alpha value is -2.73. The number of hydrogen-bond acceptors (Lipinski definition) is 5. The standard InChI is InChI=1S/C24H28N2O4/c1-17-4-2-11-25(17)12-3-13-28-20-7-8-21-18(14-20)5-10-24(27)26(21)19-6-9-22-23(15-19)30-16-29-22/h6-9,14-15,17H,2-5,10-13,16H2,1H3/t17-/m1/s1. The monoisotopic (exact) mass is 408 g/mol. The van der Waals surface area contributed by atoms with Crippen LogP contribution in [0, 0.1) is 0 Å². The van der Waals surface area contributed by atoms with E-state index < -0.39 is 0 Å². The number of carbonyl (C=O) groups is 1. The number of benzene rings is 2. The molecular formula is C24H28N2O4. The van der Waals surface area contributed by atoms with E-state index in [4.69, 9.17) is 14.2 Å². The summed E-state index contributed by atoms with van der Waals surface area (Å²) >= 11 is 0. The second-order valence-corrected chi connectivity index (χ2v) is 8.29. The molecule has 3 heterocycles. The average Bonchev–Trinajstić information content (AvgIpc) is 3.39. The number of carbonyl (C=O) groups excluding carboxylic acids is 1. The smallest absolute Gasteiger partial charge is 0.231 e. The summed E-state index contributed by atoms with van der Waals surface area (Å²) in [5.74, 6) is 2.37. The molecule has 30 heavy (non-hydrogen) atoms. The molecule has 6 nitrogen and oxygen atoms in total. The van der Waals surface area contributed by atoms with E-state index in [1.165, 1.54) is 19.4 Å². The first-order valence-electron chi connectivity index (χ1n) is 10.9. The molecule has 0 aliphatic carbocycles. The molecule has 1 amide bonds. The highest BCUT2D eigenvalue weighted by Crippen LogP contribution is 2.41. The maximum absolute atomic E-state index is 12.7. The van der Waals surface area contributed by atoms with Crippen LogP contribution >= 0.6 is 0 Å². The molecule has 0 aromatic heterocycles. The Morgan fingerprint density at radius 2 is 2.00 bits per heavy atom. The summed E-state index contributed by atoms with van der Waals surface area (Å²) in [5, 5.41) is 0. The Labute approximate surface area is 177 Å². The molecule has 6 heteroatoms. The van der Waals surface area contributed by atoms with Crippen LogP contribution in [0.2, 0.25) is 0 Å². The minimum Gasteiger partial charge on any atom is -0.494 e. The first kappa shape index (κ1) is 19.2. The first-order valence-corrected chi connectivity index (χ1v) is 10.9. The van der Waals surface area contributed by atoms with E-state index >= 15 is 0 Å². The quantitative estimate of drug-likeness (QED) is 0.668. The van der Waals surface area contributed by atoms with Gasteiger partial charge in [-0.2, -0.15) is 0 Å². The van der Waals surface area contributed by atoms with Gasteiger partial charge in [0, 0.05) is 25.1 Å². The molecule has 3 aliphatic heterocycles. The number of fused-ring (bicyclic) bond motifs is 2. The molecule has 3 aliphatic rings. The van der Waals surface area contributed by atoms with Crippen LogP contribution in [-0.2, 0) is 11.2 Å². The fourth-order valence-electron chi connectivity index (χ4n) is 4.65. The Balaban J connectivity index is 1.27. The predicted molar refractivity (Wildman–Crippen MR) is 115 cm³/mol. The van der Waals surface area contributed by atoms with E-state index in [2.05, 4.69) is 17.9 Å². The second-order valence-electron chi connectivity index (χ2n) is 8.29. The number of ether oxygens (including phenoxy) is 3.